The van der Waals surface area contributed by atoms with Gasteiger partial charge in [0.1, 0.15) is 0 Å². The van der Waals surface area contributed by atoms with E-state index in [1.807, 2.05) is 6.92 Å². The van der Waals surface area contributed by atoms with Crippen molar-refractivity contribution in [3.8, 4) is 0 Å². The number of halogens is 10. The molecule has 0 N–H and O–H groups in total. The maximum absolute atomic E-state index is 13.7. The summed E-state index contributed by atoms with van der Waals surface area (Å²) in [6.07, 6.45) is -4.05. The van der Waals surface area contributed by atoms with Crippen LogP contribution in [0.25, 0.3) is 0 Å². The maximum atomic E-state index is 13.7. The van der Waals surface area contributed by atoms with Crippen molar-refractivity contribution in [2.75, 3.05) is 0 Å². The largest absolute Gasteiger partial charge is 0.460 e. The van der Waals surface area contributed by atoms with Gasteiger partial charge in [0.05, 0.1) is 0 Å². The first-order chi connectivity index (χ1) is 10.1. The van der Waals surface area contributed by atoms with Gasteiger partial charge in [-0.25, -0.2) is 0 Å². The summed E-state index contributed by atoms with van der Waals surface area (Å²) >= 11 is 1.39. The van der Waals surface area contributed by atoms with Crippen LogP contribution in [0.2, 0.25) is 0 Å². The van der Waals surface area contributed by atoms with Gasteiger partial charge in [0.2, 0.25) is 0 Å². The van der Waals surface area contributed by atoms with Crippen molar-refractivity contribution in [1.29, 1.82) is 0 Å². The lowest BCUT2D eigenvalue weighted by molar-refractivity contribution is -0.402. The van der Waals surface area contributed by atoms with Crippen molar-refractivity contribution in [2.45, 2.75) is 73.8 Å². The van der Waals surface area contributed by atoms with Crippen molar-refractivity contribution in [1.82, 2.24) is 0 Å². The van der Waals surface area contributed by atoms with Gasteiger partial charge in [-0.15, -0.1) is 0 Å². The molecule has 0 aromatic rings. The molecule has 0 aliphatic heterocycles. The Morgan fingerprint density at radius 2 is 1.26 bits per heavy atom. The summed E-state index contributed by atoms with van der Waals surface area (Å²) in [4.78, 5) is 0. The maximum Gasteiger partial charge on any atom is 0.460 e. The smallest absolute Gasteiger partial charge is 0.199 e. The number of alkyl halides is 10. The molecule has 0 aliphatic carbocycles. The molecular weight excluding hydrogens is 454 g/mol. The minimum atomic E-state index is -6.81. The first kappa shape index (κ1) is 23.1. The lowest BCUT2D eigenvalue weighted by Crippen LogP contribution is -2.63. The van der Waals surface area contributed by atoms with Crippen molar-refractivity contribution < 1.29 is 39.5 Å². The van der Waals surface area contributed by atoms with E-state index < -0.39 is 33.8 Å². The molecule has 2 unspecified atom stereocenters. The fourth-order valence-corrected chi connectivity index (χ4v) is 2.81. The van der Waals surface area contributed by atoms with Gasteiger partial charge >= 0.3 is 23.9 Å². The molecule has 10 heteroatoms. The molecule has 0 fully saturated rings. The van der Waals surface area contributed by atoms with Crippen LogP contribution in [-0.4, -0.2) is 27.9 Å². The van der Waals surface area contributed by atoms with E-state index in [2.05, 4.69) is 0 Å². The van der Waals surface area contributed by atoms with E-state index >= 15 is 0 Å². The van der Waals surface area contributed by atoms with Crippen molar-refractivity contribution in [3.05, 3.63) is 0 Å². The van der Waals surface area contributed by atoms with Crippen molar-refractivity contribution in [3.63, 3.8) is 0 Å². The van der Waals surface area contributed by atoms with Crippen LogP contribution >= 0.6 is 22.6 Å². The van der Waals surface area contributed by atoms with Crippen LogP contribution < -0.4 is 0 Å². The molecule has 2 atom stereocenters. The zero-order valence-electron chi connectivity index (χ0n) is 12.5. The standard InChI is InChI=1S/C13H18F9I/c1-3-4-5-6-7-9(23)8(2)10(14,15)11(16,17)12(18,19)13(20,21)22/h8-9H,3-7H2,1-2H3. The van der Waals surface area contributed by atoms with Crippen LogP contribution in [0.3, 0.4) is 0 Å². The second-order valence-corrected chi connectivity index (χ2v) is 7.02. The van der Waals surface area contributed by atoms with Crippen LogP contribution in [0.5, 0.6) is 0 Å². The second kappa shape index (κ2) is 7.99. The summed E-state index contributed by atoms with van der Waals surface area (Å²) in [5, 5.41) is 0. The number of unbranched alkanes of at least 4 members (excludes halogenated alkanes) is 3. The normalized spacial score (nSPS) is 17.2. The Balaban J connectivity index is 5.20. The Morgan fingerprint density at radius 3 is 1.65 bits per heavy atom. The van der Waals surface area contributed by atoms with Gasteiger partial charge in [-0.1, -0.05) is 62.1 Å². The summed E-state index contributed by atoms with van der Waals surface area (Å²) in [6, 6.07) is 0. The first-order valence-electron chi connectivity index (χ1n) is 6.98. The van der Waals surface area contributed by atoms with Crippen LogP contribution in [0, 0.1) is 5.92 Å². The van der Waals surface area contributed by atoms with Crippen LogP contribution in [-0.2, 0) is 0 Å². The van der Waals surface area contributed by atoms with Crippen LogP contribution in [0.4, 0.5) is 39.5 Å². The highest BCUT2D eigenvalue weighted by Crippen LogP contribution is 2.56. The van der Waals surface area contributed by atoms with E-state index in [1.54, 1.807) is 0 Å². The molecule has 23 heavy (non-hydrogen) atoms. The second-order valence-electron chi connectivity index (χ2n) is 5.42. The quantitative estimate of drug-likeness (QED) is 0.149. The summed E-state index contributed by atoms with van der Waals surface area (Å²) in [6.45, 7) is 2.45. The van der Waals surface area contributed by atoms with Gasteiger partial charge in [-0.2, -0.15) is 39.5 Å². The topological polar surface area (TPSA) is 0 Å². The molecule has 0 amide bonds. The number of hydrogen-bond acceptors (Lipinski definition) is 0. The van der Waals surface area contributed by atoms with Crippen LogP contribution in [0.15, 0.2) is 0 Å². The molecular formula is C13H18F9I. The predicted molar refractivity (Wildman–Crippen MR) is 76.6 cm³/mol. The third kappa shape index (κ3) is 4.81. The molecule has 0 aliphatic rings. The molecule has 0 heterocycles. The Labute approximate surface area is 142 Å². The van der Waals surface area contributed by atoms with Gasteiger partial charge in [0.15, 0.2) is 0 Å². The molecule has 0 nitrogen and oxygen atoms in total. The molecule has 0 aromatic heterocycles. The molecule has 140 valence electrons. The molecule has 0 radical (unpaired) electrons. The van der Waals surface area contributed by atoms with E-state index in [-0.39, 0.29) is 6.42 Å². The fourth-order valence-electron chi connectivity index (χ4n) is 1.92. The number of hydrogen-bond donors (Lipinski definition) is 0. The first-order valence-corrected chi connectivity index (χ1v) is 8.23. The molecule has 0 bridgehead atoms. The summed E-state index contributed by atoms with van der Waals surface area (Å²) in [5.41, 5.74) is 0. The Bertz CT molecular complexity index is 365. The lowest BCUT2D eigenvalue weighted by atomic mass is 9.89. The average Bonchev–Trinajstić information content (AvgIpc) is 2.40. The lowest BCUT2D eigenvalue weighted by Gasteiger charge is -2.38. The molecule has 0 saturated carbocycles. The van der Waals surface area contributed by atoms with E-state index in [1.165, 1.54) is 22.6 Å². The van der Waals surface area contributed by atoms with Gasteiger partial charge in [-0.3, -0.25) is 0 Å². The third-order valence-corrected chi connectivity index (χ3v) is 5.32. The van der Waals surface area contributed by atoms with Gasteiger partial charge in [0, 0.05) is 9.84 Å². The Morgan fingerprint density at radius 1 is 0.783 bits per heavy atom. The highest BCUT2D eigenvalue weighted by atomic mass is 127. The van der Waals surface area contributed by atoms with Crippen molar-refractivity contribution >= 4 is 22.6 Å². The number of rotatable bonds is 9. The van der Waals surface area contributed by atoms with E-state index in [0.717, 1.165) is 12.8 Å². The van der Waals surface area contributed by atoms with E-state index in [4.69, 9.17) is 0 Å². The van der Waals surface area contributed by atoms with Crippen LogP contribution in [0.1, 0.15) is 46.0 Å². The van der Waals surface area contributed by atoms with Gasteiger partial charge in [0.25, 0.3) is 0 Å². The summed E-state index contributed by atoms with van der Waals surface area (Å²) < 4.78 is 115. The van der Waals surface area contributed by atoms with Gasteiger partial charge < -0.3 is 0 Å². The van der Waals surface area contributed by atoms with Gasteiger partial charge in [-0.05, 0) is 6.42 Å². The Kier molecular flexibility index (Phi) is 8.02. The minimum absolute atomic E-state index is 0.0327. The zero-order chi connectivity index (χ0) is 18.7. The van der Waals surface area contributed by atoms with E-state index in [0.29, 0.717) is 19.8 Å². The average molecular weight is 472 g/mol. The molecule has 0 aromatic carbocycles. The monoisotopic (exact) mass is 472 g/mol. The highest BCUT2D eigenvalue weighted by molar-refractivity contribution is 14.1. The SMILES string of the molecule is CCCCCCC(I)C(C)C(F)(F)C(F)(F)C(F)(F)C(F)(F)F. The van der Waals surface area contributed by atoms with Crippen molar-refractivity contribution in [2.24, 2.45) is 5.92 Å². The minimum Gasteiger partial charge on any atom is -0.199 e. The highest BCUT2D eigenvalue weighted by Gasteiger charge is 2.82. The van der Waals surface area contributed by atoms with E-state index in [9.17, 15) is 39.5 Å². The molecule has 0 saturated heterocycles. The zero-order valence-corrected chi connectivity index (χ0v) is 14.6. The summed E-state index contributed by atoms with van der Waals surface area (Å²) in [5.74, 6) is -21.2. The predicted octanol–water partition coefficient (Wildman–Crippen LogP) is 6.86. The molecule has 0 rings (SSSR count). The molecule has 0 spiro atoms. The third-order valence-electron chi connectivity index (χ3n) is 3.62. The summed E-state index contributed by atoms with van der Waals surface area (Å²) in [7, 11) is 0. The fraction of sp³-hybridized carbons (Fsp3) is 1.00. The Hall–Kier alpha value is 0.1000.